The minimum atomic E-state index is -0.0581. The number of carbonyl (C=O) groups is 2. The average Bonchev–Trinajstić information content (AvgIpc) is 2.76. The van der Waals surface area contributed by atoms with E-state index in [-0.39, 0.29) is 11.8 Å². The van der Waals surface area contributed by atoms with Gasteiger partial charge in [-0.25, -0.2) is 9.97 Å². The molecule has 0 unspecified atom stereocenters. The fourth-order valence-corrected chi connectivity index (χ4v) is 3.35. The van der Waals surface area contributed by atoms with E-state index < -0.39 is 0 Å². The predicted octanol–water partition coefficient (Wildman–Crippen LogP) is 1.72. The summed E-state index contributed by atoms with van der Waals surface area (Å²) in [6.07, 6.45) is 3.48. The lowest BCUT2D eigenvalue weighted by molar-refractivity contribution is -0.117. The molecule has 2 heterocycles. The van der Waals surface area contributed by atoms with Crippen LogP contribution in [0.15, 0.2) is 42.7 Å². The number of nitrogens with zero attached hydrogens (tertiary/aromatic N) is 5. The maximum atomic E-state index is 12.4. The van der Waals surface area contributed by atoms with Crippen LogP contribution in [0.1, 0.15) is 24.2 Å². The van der Waals surface area contributed by atoms with E-state index in [0.717, 1.165) is 32.1 Å². The van der Waals surface area contributed by atoms with Crippen molar-refractivity contribution >= 4 is 23.5 Å². The number of piperazine rings is 1. The molecule has 0 saturated carbocycles. The first-order valence-electron chi connectivity index (χ1n) is 10.0. The van der Waals surface area contributed by atoms with Crippen molar-refractivity contribution in [2.24, 2.45) is 0 Å². The fraction of sp³-hybridized carbons (Fsp3) is 0.429. The molecule has 1 aromatic heterocycles. The Morgan fingerprint density at radius 1 is 1.00 bits per heavy atom. The maximum Gasteiger partial charge on any atom is 0.253 e. The molecular formula is C21H28N6O2. The van der Waals surface area contributed by atoms with Gasteiger partial charge in [0.25, 0.3) is 5.91 Å². The lowest BCUT2D eigenvalue weighted by atomic mass is 10.1. The van der Waals surface area contributed by atoms with Gasteiger partial charge in [-0.1, -0.05) is 0 Å². The summed E-state index contributed by atoms with van der Waals surface area (Å²) in [7, 11) is 0. The molecule has 1 aliphatic rings. The molecule has 8 heteroatoms. The van der Waals surface area contributed by atoms with Gasteiger partial charge in [0.15, 0.2) is 0 Å². The maximum absolute atomic E-state index is 12.4. The average molecular weight is 396 g/mol. The van der Waals surface area contributed by atoms with E-state index in [2.05, 4.69) is 25.1 Å². The van der Waals surface area contributed by atoms with Crippen LogP contribution in [-0.4, -0.2) is 77.4 Å². The van der Waals surface area contributed by atoms with Crippen LogP contribution >= 0.6 is 0 Å². The molecule has 1 aliphatic heterocycles. The van der Waals surface area contributed by atoms with Gasteiger partial charge in [0.1, 0.15) is 0 Å². The van der Waals surface area contributed by atoms with Crippen molar-refractivity contribution < 1.29 is 9.59 Å². The standard InChI is InChI=1S/C21H28N6O2/c1-3-26(4-2)20(29)17-6-8-18(9-7-17)24-19(28)16-25-12-14-27(15-13-25)21-22-10-5-11-23-21/h5-11H,3-4,12-16H2,1-2H3,(H,24,28). The lowest BCUT2D eigenvalue weighted by Crippen LogP contribution is -2.49. The molecule has 154 valence electrons. The summed E-state index contributed by atoms with van der Waals surface area (Å²) in [6.45, 7) is 8.76. The van der Waals surface area contributed by atoms with Crippen molar-refractivity contribution in [1.29, 1.82) is 0 Å². The highest BCUT2D eigenvalue weighted by atomic mass is 16.2. The predicted molar refractivity (Wildman–Crippen MR) is 113 cm³/mol. The van der Waals surface area contributed by atoms with Gasteiger partial charge in [0, 0.05) is 62.9 Å². The van der Waals surface area contributed by atoms with Crippen LogP contribution in [0.5, 0.6) is 0 Å². The summed E-state index contributed by atoms with van der Waals surface area (Å²) in [5.41, 5.74) is 1.33. The third kappa shape index (κ3) is 5.51. The van der Waals surface area contributed by atoms with Crippen molar-refractivity contribution in [3.05, 3.63) is 48.3 Å². The van der Waals surface area contributed by atoms with E-state index in [1.54, 1.807) is 47.6 Å². The SMILES string of the molecule is CCN(CC)C(=O)c1ccc(NC(=O)CN2CCN(c3ncccn3)CC2)cc1. The molecule has 2 aromatic rings. The highest BCUT2D eigenvalue weighted by molar-refractivity contribution is 5.96. The number of hydrogen-bond donors (Lipinski definition) is 1. The number of rotatable bonds is 7. The van der Waals surface area contributed by atoms with Crippen LogP contribution in [0.3, 0.4) is 0 Å². The first-order chi connectivity index (χ1) is 14.1. The smallest absolute Gasteiger partial charge is 0.253 e. The third-order valence-corrected chi connectivity index (χ3v) is 5.04. The summed E-state index contributed by atoms with van der Waals surface area (Å²) in [5, 5.41) is 2.91. The van der Waals surface area contributed by atoms with Gasteiger partial charge in [0.05, 0.1) is 6.54 Å². The number of hydrogen-bond acceptors (Lipinski definition) is 6. The van der Waals surface area contributed by atoms with Gasteiger partial charge in [-0.2, -0.15) is 0 Å². The molecule has 1 N–H and O–H groups in total. The van der Waals surface area contributed by atoms with Gasteiger partial charge < -0.3 is 15.1 Å². The molecule has 0 bridgehead atoms. The van der Waals surface area contributed by atoms with Gasteiger partial charge in [-0.15, -0.1) is 0 Å². The molecule has 3 rings (SSSR count). The Balaban J connectivity index is 1.47. The van der Waals surface area contributed by atoms with Crippen molar-refractivity contribution in [2.75, 3.05) is 56.0 Å². The molecule has 1 fully saturated rings. The molecule has 0 spiro atoms. The summed E-state index contributed by atoms with van der Waals surface area (Å²) < 4.78 is 0. The Morgan fingerprint density at radius 2 is 1.62 bits per heavy atom. The Bertz CT molecular complexity index is 800. The molecule has 0 atom stereocenters. The first kappa shape index (κ1) is 20.7. The number of amides is 2. The van der Waals surface area contributed by atoms with E-state index in [1.165, 1.54) is 0 Å². The van der Waals surface area contributed by atoms with Crippen LogP contribution in [0.2, 0.25) is 0 Å². The van der Waals surface area contributed by atoms with Gasteiger partial charge in [-0.3, -0.25) is 14.5 Å². The summed E-state index contributed by atoms with van der Waals surface area (Å²) in [4.78, 5) is 39.3. The Kier molecular flexibility index (Phi) is 7.13. The summed E-state index contributed by atoms with van der Waals surface area (Å²) in [6, 6.07) is 8.87. The zero-order chi connectivity index (χ0) is 20.6. The van der Waals surface area contributed by atoms with E-state index in [0.29, 0.717) is 30.9 Å². The van der Waals surface area contributed by atoms with E-state index in [4.69, 9.17) is 0 Å². The van der Waals surface area contributed by atoms with Crippen molar-refractivity contribution in [3.63, 3.8) is 0 Å². The number of anilines is 2. The van der Waals surface area contributed by atoms with Crippen LogP contribution in [0, 0.1) is 0 Å². The zero-order valence-electron chi connectivity index (χ0n) is 17.0. The number of carbonyl (C=O) groups excluding carboxylic acids is 2. The second-order valence-corrected chi connectivity index (χ2v) is 6.91. The van der Waals surface area contributed by atoms with Crippen molar-refractivity contribution in [3.8, 4) is 0 Å². The van der Waals surface area contributed by atoms with Crippen LogP contribution < -0.4 is 10.2 Å². The number of nitrogens with one attached hydrogen (secondary N) is 1. The second kappa shape index (κ2) is 9.97. The molecule has 1 aromatic carbocycles. The third-order valence-electron chi connectivity index (χ3n) is 5.04. The number of benzene rings is 1. The van der Waals surface area contributed by atoms with Crippen molar-refractivity contribution in [2.45, 2.75) is 13.8 Å². The van der Waals surface area contributed by atoms with Gasteiger partial charge >= 0.3 is 0 Å². The first-order valence-corrected chi connectivity index (χ1v) is 10.0. The molecule has 2 amide bonds. The Hall–Kier alpha value is -3.00. The highest BCUT2D eigenvalue weighted by Crippen LogP contribution is 2.13. The van der Waals surface area contributed by atoms with Crippen LogP contribution in [0.25, 0.3) is 0 Å². The fourth-order valence-electron chi connectivity index (χ4n) is 3.35. The molecular weight excluding hydrogens is 368 g/mol. The molecule has 1 saturated heterocycles. The minimum absolute atomic E-state index is 0.00754. The normalized spacial score (nSPS) is 14.5. The summed E-state index contributed by atoms with van der Waals surface area (Å²) >= 11 is 0. The quantitative estimate of drug-likeness (QED) is 0.768. The Labute approximate surface area is 171 Å². The van der Waals surface area contributed by atoms with Gasteiger partial charge in [0.2, 0.25) is 11.9 Å². The number of aromatic nitrogens is 2. The van der Waals surface area contributed by atoms with E-state index in [1.807, 2.05) is 13.8 Å². The van der Waals surface area contributed by atoms with Crippen molar-refractivity contribution in [1.82, 2.24) is 19.8 Å². The zero-order valence-corrected chi connectivity index (χ0v) is 17.0. The van der Waals surface area contributed by atoms with Gasteiger partial charge in [-0.05, 0) is 44.2 Å². The van der Waals surface area contributed by atoms with E-state index >= 15 is 0 Å². The lowest BCUT2D eigenvalue weighted by Gasteiger charge is -2.34. The largest absolute Gasteiger partial charge is 0.339 e. The molecule has 0 aliphatic carbocycles. The van der Waals surface area contributed by atoms with Crippen LogP contribution in [0.4, 0.5) is 11.6 Å². The van der Waals surface area contributed by atoms with Crippen LogP contribution in [-0.2, 0) is 4.79 Å². The Morgan fingerprint density at radius 3 is 2.21 bits per heavy atom. The summed E-state index contributed by atoms with van der Waals surface area (Å²) in [5.74, 6) is 0.682. The molecule has 29 heavy (non-hydrogen) atoms. The van der Waals surface area contributed by atoms with E-state index in [9.17, 15) is 9.59 Å². The monoisotopic (exact) mass is 396 g/mol. The molecule has 8 nitrogen and oxygen atoms in total. The highest BCUT2D eigenvalue weighted by Gasteiger charge is 2.20. The second-order valence-electron chi connectivity index (χ2n) is 6.91. The minimum Gasteiger partial charge on any atom is -0.339 e. The topological polar surface area (TPSA) is 81.7 Å². The molecule has 0 radical (unpaired) electrons.